The Morgan fingerprint density at radius 3 is 2.65 bits per heavy atom. The number of nitrogens with one attached hydrogen (secondary N) is 1. The van der Waals surface area contributed by atoms with Crippen LogP contribution in [0.15, 0.2) is 23.9 Å². The number of carbonyl (C=O) groups excluding carboxylic acids is 1. The molecule has 5 N–H and O–H groups in total. The third-order valence-corrected chi connectivity index (χ3v) is 2.42. The highest BCUT2D eigenvalue weighted by atomic mass is 16.6. The second-order valence-corrected chi connectivity index (χ2v) is 3.45. The molecule has 2 rings (SSSR count). The average Bonchev–Trinajstić information content (AvgIpc) is 2.39. The molecule has 0 saturated carbocycles. The normalized spacial score (nSPS) is 14.9. The van der Waals surface area contributed by atoms with Crippen LogP contribution in [0.1, 0.15) is 5.56 Å². The number of carbonyl (C=O) groups is 1. The second kappa shape index (κ2) is 4.75. The van der Waals surface area contributed by atoms with E-state index in [9.17, 15) is 4.79 Å². The first-order valence-electron chi connectivity index (χ1n) is 5.08. The minimum Gasteiger partial charge on any atom is -0.486 e. The lowest BCUT2D eigenvalue weighted by Crippen LogP contribution is -2.25. The molecule has 0 radical (unpaired) electrons. The number of allylic oxidation sites excluding steroid dienone is 1. The number of aldehydes is 1. The summed E-state index contributed by atoms with van der Waals surface area (Å²) in [5, 5.41) is 0. The van der Waals surface area contributed by atoms with E-state index in [1.165, 1.54) is 0 Å². The van der Waals surface area contributed by atoms with E-state index in [-0.39, 0.29) is 11.4 Å². The topological polar surface area (TPSA) is 99.6 Å². The van der Waals surface area contributed by atoms with Crippen LogP contribution in [0.2, 0.25) is 0 Å². The minimum absolute atomic E-state index is 0.127. The molecule has 1 aromatic rings. The number of rotatable bonds is 3. The summed E-state index contributed by atoms with van der Waals surface area (Å²) in [6.45, 7) is 1.03. The van der Waals surface area contributed by atoms with E-state index < -0.39 is 0 Å². The summed E-state index contributed by atoms with van der Waals surface area (Å²) in [7, 11) is 0. The number of fused-ring (bicyclic) bond motifs is 1. The maximum absolute atomic E-state index is 10.7. The first-order chi connectivity index (χ1) is 8.26. The number of hydrogen-bond acceptors (Lipinski definition) is 6. The Morgan fingerprint density at radius 1 is 1.29 bits per heavy atom. The smallest absolute Gasteiger partial charge is 0.169 e. The molecule has 0 amide bonds. The molecule has 0 saturated heterocycles. The van der Waals surface area contributed by atoms with E-state index in [1.807, 2.05) is 0 Å². The SMILES string of the molecule is NN/C(C=O)=C(\N)c1ccc2c(c1)OCCO2. The van der Waals surface area contributed by atoms with Crippen molar-refractivity contribution >= 4 is 12.0 Å². The molecule has 0 spiro atoms. The fourth-order valence-corrected chi connectivity index (χ4v) is 1.54. The Hall–Kier alpha value is -2.21. The highest BCUT2D eigenvalue weighted by Gasteiger charge is 2.13. The zero-order valence-electron chi connectivity index (χ0n) is 9.10. The molecule has 6 nitrogen and oxygen atoms in total. The van der Waals surface area contributed by atoms with Crippen molar-refractivity contribution in [3.8, 4) is 11.5 Å². The Labute approximate surface area is 98.1 Å². The summed E-state index contributed by atoms with van der Waals surface area (Å²) in [4.78, 5) is 10.7. The monoisotopic (exact) mass is 235 g/mol. The average molecular weight is 235 g/mol. The van der Waals surface area contributed by atoms with Gasteiger partial charge < -0.3 is 20.6 Å². The van der Waals surface area contributed by atoms with Gasteiger partial charge in [-0.15, -0.1) is 0 Å². The van der Waals surface area contributed by atoms with Crippen LogP contribution in [0, 0.1) is 0 Å². The summed E-state index contributed by atoms with van der Waals surface area (Å²) in [6, 6.07) is 5.20. The first-order valence-corrected chi connectivity index (χ1v) is 5.08. The van der Waals surface area contributed by atoms with E-state index in [0.717, 1.165) is 0 Å². The predicted octanol–water partition coefficient (Wildman–Crippen LogP) is -0.253. The third-order valence-electron chi connectivity index (χ3n) is 2.42. The lowest BCUT2D eigenvalue weighted by Gasteiger charge is -2.19. The molecule has 1 heterocycles. The molecule has 90 valence electrons. The van der Waals surface area contributed by atoms with Gasteiger partial charge in [-0.05, 0) is 18.2 Å². The van der Waals surface area contributed by atoms with E-state index in [2.05, 4.69) is 5.43 Å². The van der Waals surface area contributed by atoms with Crippen molar-refractivity contribution in [1.82, 2.24) is 5.43 Å². The van der Waals surface area contributed by atoms with Crippen molar-refractivity contribution in [3.05, 3.63) is 29.5 Å². The molecule has 1 aliphatic heterocycles. The van der Waals surface area contributed by atoms with E-state index in [1.54, 1.807) is 18.2 Å². The van der Waals surface area contributed by atoms with Crippen LogP contribution in [-0.4, -0.2) is 19.5 Å². The molecule has 0 atom stereocenters. The summed E-state index contributed by atoms with van der Waals surface area (Å²) < 4.78 is 10.8. The van der Waals surface area contributed by atoms with Crippen LogP contribution < -0.4 is 26.5 Å². The fourth-order valence-electron chi connectivity index (χ4n) is 1.54. The van der Waals surface area contributed by atoms with Crippen LogP contribution in [-0.2, 0) is 4.79 Å². The van der Waals surface area contributed by atoms with Gasteiger partial charge in [-0.1, -0.05) is 0 Å². The summed E-state index contributed by atoms with van der Waals surface area (Å²) in [6.07, 6.45) is 0.562. The summed E-state index contributed by atoms with van der Waals surface area (Å²) >= 11 is 0. The number of benzene rings is 1. The highest BCUT2D eigenvalue weighted by molar-refractivity contribution is 5.86. The third kappa shape index (κ3) is 2.16. The lowest BCUT2D eigenvalue weighted by molar-refractivity contribution is -0.105. The van der Waals surface area contributed by atoms with Crippen molar-refractivity contribution in [2.24, 2.45) is 11.6 Å². The number of hydrazine groups is 1. The van der Waals surface area contributed by atoms with Gasteiger partial charge in [0, 0.05) is 5.56 Å². The zero-order valence-corrected chi connectivity index (χ0v) is 9.10. The van der Waals surface area contributed by atoms with Gasteiger partial charge in [-0.25, -0.2) is 0 Å². The van der Waals surface area contributed by atoms with Crippen LogP contribution in [0.4, 0.5) is 0 Å². The van der Waals surface area contributed by atoms with Crippen molar-refractivity contribution < 1.29 is 14.3 Å². The molecular formula is C11H13N3O3. The van der Waals surface area contributed by atoms with Gasteiger partial charge in [0.05, 0.1) is 5.70 Å². The quantitative estimate of drug-likeness (QED) is 0.289. The van der Waals surface area contributed by atoms with E-state index in [0.29, 0.717) is 36.6 Å². The largest absolute Gasteiger partial charge is 0.486 e. The number of nitrogens with two attached hydrogens (primary N) is 2. The number of hydrogen-bond donors (Lipinski definition) is 3. The number of ether oxygens (including phenoxy) is 2. The van der Waals surface area contributed by atoms with Gasteiger partial charge in [0.2, 0.25) is 0 Å². The van der Waals surface area contributed by atoms with Crippen LogP contribution in [0.25, 0.3) is 5.70 Å². The lowest BCUT2D eigenvalue weighted by atomic mass is 10.1. The highest BCUT2D eigenvalue weighted by Crippen LogP contribution is 2.32. The van der Waals surface area contributed by atoms with E-state index in [4.69, 9.17) is 21.1 Å². The predicted molar refractivity (Wildman–Crippen MR) is 61.9 cm³/mol. The standard InChI is InChI=1S/C11H13N3O3/c12-11(8(6-15)14-13)7-1-2-9-10(5-7)17-4-3-16-9/h1-2,5-6,14H,3-4,12-13H2/b11-8-. The molecule has 0 fully saturated rings. The van der Waals surface area contributed by atoms with Gasteiger partial charge in [-0.2, -0.15) is 0 Å². The molecule has 1 aromatic carbocycles. The maximum Gasteiger partial charge on any atom is 0.169 e. The fraction of sp³-hybridized carbons (Fsp3) is 0.182. The van der Waals surface area contributed by atoms with Crippen LogP contribution in [0.3, 0.4) is 0 Å². The van der Waals surface area contributed by atoms with Crippen LogP contribution >= 0.6 is 0 Å². The van der Waals surface area contributed by atoms with Gasteiger partial charge in [0.25, 0.3) is 0 Å². The van der Waals surface area contributed by atoms with Crippen molar-refractivity contribution in [2.75, 3.05) is 13.2 Å². The molecule has 6 heteroatoms. The molecule has 0 aromatic heterocycles. The summed E-state index contributed by atoms with van der Waals surface area (Å²) in [5.74, 6) is 6.46. The van der Waals surface area contributed by atoms with Crippen molar-refractivity contribution in [1.29, 1.82) is 0 Å². The minimum atomic E-state index is 0.127. The molecule has 17 heavy (non-hydrogen) atoms. The second-order valence-electron chi connectivity index (χ2n) is 3.45. The summed E-state index contributed by atoms with van der Waals surface area (Å²) in [5.41, 5.74) is 9.08. The zero-order chi connectivity index (χ0) is 12.3. The van der Waals surface area contributed by atoms with Gasteiger partial charge >= 0.3 is 0 Å². The van der Waals surface area contributed by atoms with Crippen molar-refractivity contribution in [2.45, 2.75) is 0 Å². The Kier molecular flexibility index (Phi) is 3.15. The van der Waals surface area contributed by atoms with Gasteiger partial charge in [0.15, 0.2) is 17.8 Å². The Bertz CT molecular complexity index is 471. The Balaban J connectivity index is 2.40. The molecule has 0 aliphatic carbocycles. The first kappa shape index (κ1) is 11.3. The molecule has 0 bridgehead atoms. The van der Waals surface area contributed by atoms with E-state index >= 15 is 0 Å². The van der Waals surface area contributed by atoms with Gasteiger partial charge in [-0.3, -0.25) is 10.6 Å². The van der Waals surface area contributed by atoms with Gasteiger partial charge in [0.1, 0.15) is 18.9 Å². The molecule has 1 aliphatic rings. The maximum atomic E-state index is 10.7. The Morgan fingerprint density at radius 2 is 2.00 bits per heavy atom. The van der Waals surface area contributed by atoms with Crippen molar-refractivity contribution in [3.63, 3.8) is 0 Å². The molecule has 0 unspecified atom stereocenters. The molecular weight excluding hydrogens is 222 g/mol. The van der Waals surface area contributed by atoms with Crippen LogP contribution in [0.5, 0.6) is 11.5 Å².